The number of nitrogens with zero attached hydrogens (tertiary/aromatic N) is 1. The standard InChI is InChI=1S/C14H13NO4/c1-2-10-3-5-11(6-4-10)19-12-7-8-13(15(17)18)14(16)9-12/h3-9,16H,2H2,1H3. The molecule has 0 aromatic heterocycles. The van der Waals surface area contributed by atoms with Crippen LogP contribution in [0.2, 0.25) is 0 Å². The van der Waals surface area contributed by atoms with Crippen molar-refractivity contribution in [3.63, 3.8) is 0 Å². The summed E-state index contributed by atoms with van der Waals surface area (Å²) in [5, 5.41) is 20.1. The first-order valence-electron chi connectivity index (χ1n) is 5.84. The van der Waals surface area contributed by atoms with Crippen LogP contribution in [0.3, 0.4) is 0 Å². The zero-order valence-corrected chi connectivity index (χ0v) is 10.4. The lowest BCUT2D eigenvalue weighted by Crippen LogP contribution is -1.90. The maximum atomic E-state index is 10.6. The molecule has 5 heteroatoms. The number of benzene rings is 2. The molecule has 0 fully saturated rings. The molecule has 98 valence electrons. The van der Waals surface area contributed by atoms with Crippen molar-refractivity contribution in [2.24, 2.45) is 0 Å². The average Bonchev–Trinajstić information content (AvgIpc) is 2.39. The predicted octanol–water partition coefficient (Wildman–Crippen LogP) is 3.66. The highest BCUT2D eigenvalue weighted by atomic mass is 16.6. The van der Waals surface area contributed by atoms with Crippen LogP contribution >= 0.6 is 0 Å². The van der Waals surface area contributed by atoms with Gasteiger partial charge >= 0.3 is 5.69 Å². The predicted molar refractivity (Wildman–Crippen MR) is 70.7 cm³/mol. The zero-order valence-electron chi connectivity index (χ0n) is 10.4. The van der Waals surface area contributed by atoms with Crippen molar-refractivity contribution in [2.45, 2.75) is 13.3 Å². The van der Waals surface area contributed by atoms with Crippen molar-refractivity contribution in [2.75, 3.05) is 0 Å². The van der Waals surface area contributed by atoms with Crippen LogP contribution in [-0.2, 0) is 6.42 Å². The van der Waals surface area contributed by atoms with Crippen LogP contribution < -0.4 is 4.74 Å². The number of hydrogen-bond donors (Lipinski definition) is 1. The Morgan fingerprint density at radius 3 is 2.32 bits per heavy atom. The van der Waals surface area contributed by atoms with E-state index in [-0.39, 0.29) is 5.69 Å². The SMILES string of the molecule is CCc1ccc(Oc2ccc([N+](=O)[O-])c(O)c2)cc1. The van der Waals surface area contributed by atoms with E-state index >= 15 is 0 Å². The first-order valence-corrected chi connectivity index (χ1v) is 5.84. The van der Waals surface area contributed by atoms with E-state index in [0.717, 1.165) is 6.42 Å². The fraction of sp³-hybridized carbons (Fsp3) is 0.143. The maximum absolute atomic E-state index is 10.6. The van der Waals surface area contributed by atoms with Crippen molar-refractivity contribution >= 4 is 5.69 Å². The number of rotatable bonds is 4. The Morgan fingerprint density at radius 2 is 1.79 bits per heavy atom. The number of phenols is 1. The number of hydrogen-bond acceptors (Lipinski definition) is 4. The lowest BCUT2D eigenvalue weighted by Gasteiger charge is -2.06. The molecule has 2 rings (SSSR count). The van der Waals surface area contributed by atoms with Gasteiger partial charge in [-0.3, -0.25) is 10.1 Å². The second kappa shape index (κ2) is 5.39. The average molecular weight is 259 g/mol. The quantitative estimate of drug-likeness (QED) is 0.671. The van der Waals surface area contributed by atoms with Gasteiger partial charge in [-0.15, -0.1) is 0 Å². The van der Waals surface area contributed by atoms with E-state index in [1.807, 2.05) is 24.3 Å². The second-order valence-electron chi connectivity index (χ2n) is 4.01. The second-order valence-corrected chi connectivity index (χ2v) is 4.01. The largest absolute Gasteiger partial charge is 0.502 e. The Labute approximate surface area is 110 Å². The van der Waals surface area contributed by atoms with Crippen LogP contribution in [0.5, 0.6) is 17.2 Å². The fourth-order valence-corrected chi connectivity index (χ4v) is 1.65. The molecule has 0 radical (unpaired) electrons. The van der Waals surface area contributed by atoms with Gasteiger partial charge in [0.25, 0.3) is 0 Å². The Bertz CT molecular complexity index is 593. The molecule has 2 aromatic carbocycles. The molecule has 19 heavy (non-hydrogen) atoms. The van der Waals surface area contributed by atoms with Gasteiger partial charge in [0.2, 0.25) is 0 Å². The van der Waals surface area contributed by atoms with E-state index in [0.29, 0.717) is 11.5 Å². The molecule has 0 bridgehead atoms. The van der Waals surface area contributed by atoms with Crippen LogP contribution in [-0.4, -0.2) is 10.0 Å². The summed E-state index contributed by atoms with van der Waals surface area (Å²) in [5.41, 5.74) is 0.854. The Kier molecular flexibility index (Phi) is 3.66. The van der Waals surface area contributed by atoms with E-state index in [9.17, 15) is 15.2 Å². The molecule has 0 saturated heterocycles. The Balaban J connectivity index is 2.18. The maximum Gasteiger partial charge on any atom is 0.310 e. The van der Waals surface area contributed by atoms with Crippen LogP contribution in [0, 0.1) is 10.1 Å². The first-order chi connectivity index (χ1) is 9.10. The monoisotopic (exact) mass is 259 g/mol. The Morgan fingerprint density at radius 1 is 1.16 bits per heavy atom. The van der Waals surface area contributed by atoms with E-state index in [2.05, 4.69) is 6.92 Å². The smallest absolute Gasteiger partial charge is 0.310 e. The van der Waals surface area contributed by atoms with E-state index in [1.165, 1.54) is 23.8 Å². The van der Waals surface area contributed by atoms with Gasteiger partial charge in [0, 0.05) is 12.1 Å². The summed E-state index contributed by atoms with van der Waals surface area (Å²) in [6, 6.07) is 11.4. The summed E-state index contributed by atoms with van der Waals surface area (Å²) >= 11 is 0. The highest BCUT2D eigenvalue weighted by Gasteiger charge is 2.13. The molecule has 0 aliphatic heterocycles. The van der Waals surface area contributed by atoms with Gasteiger partial charge in [-0.2, -0.15) is 0 Å². The zero-order chi connectivity index (χ0) is 13.8. The van der Waals surface area contributed by atoms with Crippen molar-refractivity contribution < 1.29 is 14.8 Å². The normalized spacial score (nSPS) is 10.2. The third-order valence-corrected chi connectivity index (χ3v) is 2.71. The Hall–Kier alpha value is -2.56. The molecule has 0 amide bonds. The minimum Gasteiger partial charge on any atom is -0.502 e. The molecular weight excluding hydrogens is 246 g/mol. The van der Waals surface area contributed by atoms with Gasteiger partial charge < -0.3 is 9.84 Å². The minimum atomic E-state index is -0.644. The summed E-state index contributed by atoms with van der Waals surface area (Å²) in [5.74, 6) is 0.561. The minimum absolute atomic E-state index is 0.339. The summed E-state index contributed by atoms with van der Waals surface area (Å²) in [6.45, 7) is 2.06. The van der Waals surface area contributed by atoms with Crippen LogP contribution in [0.15, 0.2) is 42.5 Å². The number of nitro benzene ring substituents is 1. The highest BCUT2D eigenvalue weighted by Crippen LogP contribution is 2.32. The number of phenolic OH excluding ortho intramolecular Hbond substituents is 1. The number of ether oxygens (including phenoxy) is 1. The number of nitro groups is 1. The molecule has 0 unspecified atom stereocenters. The molecule has 5 nitrogen and oxygen atoms in total. The van der Waals surface area contributed by atoms with E-state index in [4.69, 9.17) is 4.74 Å². The molecule has 0 saturated carbocycles. The van der Waals surface area contributed by atoms with Crippen molar-refractivity contribution in [1.82, 2.24) is 0 Å². The summed E-state index contributed by atoms with van der Waals surface area (Å²) < 4.78 is 5.51. The van der Waals surface area contributed by atoms with Gasteiger partial charge in [0.05, 0.1) is 4.92 Å². The lowest BCUT2D eigenvalue weighted by atomic mass is 10.2. The van der Waals surface area contributed by atoms with Gasteiger partial charge in [0.1, 0.15) is 11.5 Å². The van der Waals surface area contributed by atoms with E-state index < -0.39 is 10.7 Å². The third-order valence-electron chi connectivity index (χ3n) is 2.71. The molecule has 0 aliphatic carbocycles. The summed E-state index contributed by atoms with van der Waals surface area (Å²) in [4.78, 5) is 9.92. The topological polar surface area (TPSA) is 72.6 Å². The summed E-state index contributed by atoms with van der Waals surface area (Å²) in [7, 11) is 0. The van der Waals surface area contributed by atoms with Crippen molar-refractivity contribution in [3.8, 4) is 17.2 Å². The molecule has 0 heterocycles. The van der Waals surface area contributed by atoms with Crippen LogP contribution in [0.4, 0.5) is 5.69 Å². The van der Waals surface area contributed by atoms with Crippen molar-refractivity contribution in [3.05, 3.63) is 58.1 Å². The molecule has 0 aliphatic rings. The first kappa shape index (κ1) is 12.9. The van der Waals surface area contributed by atoms with Gasteiger partial charge in [-0.25, -0.2) is 0 Å². The third kappa shape index (κ3) is 3.01. The highest BCUT2D eigenvalue weighted by molar-refractivity contribution is 5.50. The van der Waals surface area contributed by atoms with E-state index in [1.54, 1.807) is 0 Å². The lowest BCUT2D eigenvalue weighted by molar-refractivity contribution is -0.385. The molecule has 0 spiro atoms. The number of aromatic hydroxyl groups is 1. The van der Waals surface area contributed by atoms with Crippen LogP contribution in [0.25, 0.3) is 0 Å². The van der Waals surface area contributed by atoms with Gasteiger partial charge in [0.15, 0.2) is 5.75 Å². The molecular formula is C14H13NO4. The number of aryl methyl sites for hydroxylation is 1. The van der Waals surface area contributed by atoms with Gasteiger partial charge in [-0.05, 0) is 30.2 Å². The van der Waals surface area contributed by atoms with Gasteiger partial charge in [-0.1, -0.05) is 19.1 Å². The summed E-state index contributed by atoms with van der Waals surface area (Å²) in [6.07, 6.45) is 0.943. The molecule has 0 atom stereocenters. The molecule has 2 aromatic rings. The van der Waals surface area contributed by atoms with Crippen LogP contribution in [0.1, 0.15) is 12.5 Å². The fourth-order valence-electron chi connectivity index (χ4n) is 1.65. The molecule has 1 N–H and O–H groups in total. The van der Waals surface area contributed by atoms with Crippen molar-refractivity contribution in [1.29, 1.82) is 0 Å².